The highest BCUT2D eigenvalue weighted by Gasteiger charge is 2.30. The third-order valence-electron chi connectivity index (χ3n) is 1.26. The Morgan fingerprint density at radius 1 is 1.14 bits per heavy atom. The van der Waals surface area contributed by atoms with Crippen LogP contribution in [-0.4, -0.2) is 5.51 Å². The maximum Gasteiger partial charge on any atom is 0.479 e. The first-order valence-corrected chi connectivity index (χ1v) is 4.45. The molecule has 0 amide bonds. The molecule has 5 heteroatoms. The molecular weight excluding hydrogens is 213 g/mol. The first-order valence-electron chi connectivity index (χ1n) is 3.71. The summed E-state index contributed by atoms with van der Waals surface area (Å²) in [6.45, 7) is 0. The Labute approximate surface area is 83.8 Å². The Hall–Kier alpha value is -1.10. The van der Waals surface area contributed by atoms with E-state index in [1.807, 2.05) is 6.07 Å². The molecule has 0 aliphatic carbocycles. The largest absolute Gasteiger partial charge is 0.479 e. The number of hydrogen-bond donors (Lipinski definition) is 0. The summed E-state index contributed by atoms with van der Waals surface area (Å²) in [4.78, 5) is 0. The average Bonchev–Trinajstić information content (AvgIpc) is 2.13. The predicted octanol–water partition coefficient (Wildman–Crippen LogP) is 3.84. The second-order valence-electron chi connectivity index (χ2n) is 2.34. The Morgan fingerprint density at radius 2 is 1.79 bits per heavy atom. The lowest BCUT2D eigenvalue weighted by Gasteiger charge is -2.01. The summed E-state index contributed by atoms with van der Waals surface area (Å²) in [5.74, 6) is 0. The van der Waals surface area contributed by atoms with Crippen molar-refractivity contribution in [3.8, 4) is 0 Å². The fraction of sp³-hybridized carbons (Fsp3) is 0.111. The van der Waals surface area contributed by atoms with Gasteiger partial charge < -0.3 is 4.18 Å². The van der Waals surface area contributed by atoms with Crippen molar-refractivity contribution in [2.75, 3.05) is 0 Å². The second kappa shape index (κ2) is 4.95. The zero-order valence-corrected chi connectivity index (χ0v) is 7.81. The molecule has 1 aromatic carbocycles. The molecule has 0 saturated heterocycles. The Balaban J connectivity index is 2.35. The summed E-state index contributed by atoms with van der Waals surface area (Å²) in [6.07, 6.45) is 2.46. The fourth-order valence-electron chi connectivity index (χ4n) is 0.753. The molecular formula is C9H7F3OS. The van der Waals surface area contributed by atoms with Gasteiger partial charge in [-0.15, -0.1) is 0 Å². The minimum Gasteiger partial charge on any atom is -0.425 e. The zero-order chi connectivity index (χ0) is 10.4. The van der Waals surface area contributed by atoms with Crippen LogP contribution in [0.25, 0.3) is 6.08 Å². The molecule has 0 atom stereocenters. The van der Waals surface area contributed by atoms with E-state index in [0.29, 0.717) is 0 Å². The van der Waals surface area contributed by atoms with Gasteiger partial charge in [0.1, 0.15) is 6.26 Å². The van der Waals surface area contributed by atoms with Gasteiger partial charge in [0.2, 0.25) is 0 Å². The van der Waals surface area contributed by atoms with Crippen molar-refractivity contribution in [2.24, 2.45) is 0 Å². The second-order valence-corrected chi connectivity index (χ2v) is 3.16. The molecule has 14 heavy (non-hydrogen) atoms. The predicted molar refractivity (Wildman–Crippen MR) is 50.2 cm³/mol. The number of halogens is 3. The van der Waals surface area contributed by atoms with Crippen LogP contribution in [0.15, 0.2) is 36.6 Å². The van der Waals surface area contributed by atoms with Crippen LogP contribution in [0, 0.1) is 0 Å². The van der Waals surface area contributed by atoms with E-state index in [9.17, 15) is 13.2 Å². The first-order chi connectivity index (χ1) is 6.58. The van der Waals surface area contributed by atoms with E-state index in [0.717, 1.165) is 11.8 Å². The van der Waals surface area contributed by atoms with Crippen molar-refractivity contribution in [2.45, 2.75) is 5.51 Å². The van der Waals surface area contributed by atoms with E-state index in [-0.39, 0.29) is 0 Å². The van der Waals surface area contributed by atoms with E-state index in [2.05, 4.69) is 4.18 Å². The standard InChI is InChI=1S/C9H7F3OS/c10-9(11,12)14-13-7-6-8-4-2-1-3-5-8/h1-7H/b7-6+. The van der Waals surface area contributed by atoms with Crippen molar-refractivity contribution in [3.05, 3.63) is 42.2 Å². The minimum absolute atomic E-state index is 0.534. The highest BCUT2D eigenvalue weighted by molar-refractivity contribution is 7.95. The summed E-state index contributed by atoms with van der Waals surface area (Å²) in [7, 11) is 0. The first kappa shape index (κ1) is 11.0. The molecule has 0 N–H and O–H groups in total. The van der Waals surface area contributed by atoms with Gasteiger partial charge in [-0.05, 0) is 11.6 Å². The maximum absolute atomic E-state index is 11.6. The van der Waals surface area contributed by atoms with Crippen molar-refractivity contribution < 1.29 is 17.4 Å². The van der Waals surface area contributed by atoms with Gasteiger partial charge in [-0.3, -0.25) is 0 Å². The van der Waals surface area contributed by atoms with Gasteiger partial charge in [-0.25, -0.2) is 0 Å². The maximum atomic E-state index is 11.6. The third-order valence-corrected chi connectivity index (χ3v) is 1.65. The van der Waals surface area contributed by atoms with Gasteiger partial charge in [-0.1, -0.05) is 30.3 Å². The van der Waals surface area contributed by atoms with E-state index < -0.39 is 17.6 Å². The number of rotatable bonds is 3. The molecule has 1 aromatic rings. The topological polar surface area (TPSA) is 9.23 Å². The summed E-state index contributed by atoms with van der Waals surface area (Å²) in [5.41, 5.74) is -3.57. The molecule has 0 aromatic heterocycles. The zero-order valence-electron chi connectivity index (χ0n) is 6.99. The lowest BCUT2D eigenvalue weighted by atomic mass is 10.2. The van der Waals surface area contributed by atoms with Gasteiger partial charge in [-0.2, -0.15) is 13.2 Å². The van der Waals surface area contributed by atoms with Crippen molar-refractivity contribution in [1.29, 1.82) is 0 Å². The fourth-order valence-corrected chi connectivity index (χ4v) is 0.973. The highest BCUT2D eigenvalue weighted by Crippen LogP contribution is 2.31. The van der Waals surface area contributed by atoms with Gasteiger partial charge in [0.25, 0.3) is 0 Å². The van der Waals surface area contributed by atoms with Crippen LogP contribution in [0.3, 0.4) is 0 Å². The number of benzene rings is 1. The Kier molecular flexibility index (Phi) is 3.88. The molecule has 1 nitrogen and oxygen atoms in total. The smallest absolute Gasteiger partial charge is 0.425 e. The Bertz CT molecular complexity index is 295. The van der Waals surface area contributed by atoms with Gasteiger partial charge in [0.15, 0.2) is 12.0 Å². The van der Waals surface area contributed by atoms with Crippen LogP contribution in [0.2, 0.25) is 0 Å². The highest BCUT2D eigenvalue weighted by atomic mass is 32.2. The van der Waals surface area contributed by atoms with Gasteiger partial charge in [0.05, 0.1) is 0 Å². The van der Waals surface area contributed by atoms with Crippen LogP contribution in [-0.2, 0) is 4.18 Å². The Morgan fingerprint density at radius 3 is 2.36 bits per heavy atom. The van der Waals surface area contributed by atoms with Gasteiger partial charge >= 0.3 is 5.51 Å². The average molecular weight is 220 g/mol. The molecule has 1 rings (SSSR count). The lowest BCUT2D eigenvalue weighted by molar-refractivity contribution is -0.0378. The molecule has 0 fully saturated rings. The van der Waals surface area contributed by atoms with Crippen LogP contribution < -0.4 is 0 Å². The van der Waals surface area contributed by atoms with E-state index >= 15 is 0 Å². The number of hydrogen-bond acceptors (Lipinski definition) is 2. The summed E-state index contributed by atoms with van der Waals surface area (Å²) >= 11 is -0.534. The molecule has 0 heterocycles. The molecule has 0 saturated carbocycles. The molecule has 0 aliphatic heterocycles. The summed E-state index contributed by atoms with van der Waals surface area (Å²) < 4.78 is 39.0. The van der Waals surface area contributed by atoms with Crippen LogP contribution in [0.5, 0.6) is 0 Å². The summed E-state index contributed by atoms with van der Waals surface area (Å²) in [6, 6.07) is 8.92. The summed E-state index contributed by atoms with van der Waals surface area (Å²) in [5, 5.41) is 0. The lowest BCUT2D eigenvalue weighted by Crippen LogP contribution is -1.98. The molecule has 76 valence electrons. The van der Waals surface area contributed by atoms with Crippen molar-refractivity contribution in [1.82, 2.24) is 0 Å². The monoisotopic (exact) mass is 220 g/mol. The van der Waals surface area contributed by atoms with Crippen LogP contribution in [0.4, 0.5) is 13.2 Å². The van der Waals surface area contributed by atoms with E-state index in [4.69, 9.17) is 0 Å². The molecule has 0 unspecified atom stereocenters. The molecule has 0 radical (unpaired) electrons. The van der Waals surface area contributed by atoms with Crippen molar-refractivity contribution in [3.63, 3.8) is 0 Å². The van der Waals surface area contributed by atoms with Crippen LogP contribution >= 0.6 is 12.0 Å². The molecule has 0 spiro atoms. The van der Waals surface area contributed by atoms with E-state index in [1.54, 1.807) is 24.3 Å². The minimum atomic E-state index is -4.36. The van der Waals surface area contributed by atoms with Gasteiger partial charge in [0, 0.05) is 0 Å². The SMILES string of the molecule is FC(F)(F)SO/C=C/c1ccccc1. The quantitative estimate of drug-likeness (QED) is 0.565. The molecule has 0 bridgehead atoms. The van der Waals surface area contributed by atoms with E-state index in [1.165, 1.54) is 6.08 Å². The van der Waals surface area contributed by atoms with Crippen LogP contribution in [0.1, 0.15) is 5.56 Å². The normalized spacial score (nSPS) is 11.9. The van der Waals surface area contributed by atoms with Crippen molar-refractivity contribution >= 4 is 18.1 Å². The number of alkyl halides is 3. The molecule has 0 aliphatic rings. The third kappa shape index (κ3) is 4.81.